The third kappa shape index (κ3) is 30.8. The van der Waals surface area contributed by atoms with Gasteiger partial charge in [0.25, 0.3) is 0 Å². The first kappa shape index (κ1) is 52.8. The van der Waals surface area contributed by atoms with Crippen molar-refractivity contribution in [3.05, 3.63) is 0 Å². The molecule has 7 heteroatoms. The molecule has 0 unspecified atom stereocenters. The number of nitrogens with one attached hydrogen (secondary N) is 1. The SMILES string of the molecule is CCCCCCC(CCCCCC)CNC(=O)CCCCCN(CCCCCC(=O)OCC(CCCCCC)CCCCCC)CCN(CCO)C1CCCC1. The van der Waals surface area contributed by atoms with Crippen LogP contribution < -0.4 is 5.32 Å². The Bertz CT molecular complexity index is 788. The summed E-state index contributed by atoms with van der Waals surface area (Å²) in [5, 5.41) is 13.1. The van der Waals surface area contributed by atoms with Gasteiger partial charge < -0.3 is 20.1 Å². The van der Waals surface area contributed by atoms with E-state index in [1.165, 1.54) is 154 Å². The van der Waals surface area contributed by atoms with Crippen molar-refractivity contribution >= 4 is 11.9 Å². The van der Waals surface area contributed by atoms with E-state index in [-0.39, 0.29) is 18.5 Å². The number of carbonyl (C=O) groups is 2. The lowest BCUT2D eigenvalue weighted by Crippen LogP contribution is -2.42. The maximum atomic E-state index is 12.8. The van der Waals surface area contributed by atoms with Gasteiger partial charge in [0.15, 0.2) is 0 Å². The third-order valence-corrected chi connectivity index (χ3v) is 12.6. The Labute approximate surface area is 349 Å². The van der Waals surface area contributed by atoms with Gasteiger partial charge in [0.2, 0.25) is 5.91 Å². The number of hydrogen-bond acceptors (Lipinski definition) is 6. The highest BCUT2D eigenvalue weighted by Crippen LogP contribution is 2.24. The number of aliphatic hydroxyl groups is 1. The molecule has 0 spiro atoms. The molecule has 1 aliphatic rings. The Hall–Kier alpha value is -1.18. The highest BCUT2D eigenvalue weighted by molar-refractivity contribution is 5.75. The minimum Gasteiger partial charge on any atom is -0.465 e. The maximum absolute atomic E-state index is 12.8. The number of ether oxygens (including phenoxy) is 1. The van der Waals surface area contributed by atoms with Gasteiger partial charge in [-0.25, -0.2) is 0 Å². The van der Waals surface area contributed by atoms with E-state index in [0.29, 0.717) is 37.3 Å². The van der Waals surface area contributed by atoms with E-state index in [2.05, 4.69) is 42.8 Å². The number of rotatable bonds is 42. The fourth-order valence-corrected chi connectivity index (χ4v) is 8.79. The van der Waals surface area contributed by atoms with Gasteiger partial charge in [-0.3, -0.25) is 14.5 Å². The first-order valence-corrected chi connectivity index (χ1v) is 25.0. The Morgan fingerprint density at radius 1 is 0.571 bits per heavy atom. The van der Waals surface area contributed by atoms with Crippen molar-refractivity contribution < 1.29 is 19.4 Å². The minimum atomic E-state index is -0.0105. The van der Waals surface area contributed by atoms with E-state index in [0.717, 1.165) is 77.8 Å². The lowest BCUT2D eigenvalue weighted by Gasteiger charge is -2.31. The molecule has 1 saturated carbocycles. The highest BCUT2D eigenvalue weighted by atomic mass is 16.5. The molecule has 0 atom stereocenters. The van der Waals surface area contributed by atoms with Crippen LogP contribution >= 0.6 is 0 Å². The normalized spacial score (nSPS) is 13.6. The molecule has 0 aromatic heterocycles. The molecule has 0 aromatic carbocycles. The van der Waals surface area contributed by atoms with Gasteiger partial charge >= 0.3 is 5.97 Å². The zero-order valence-corrected chi connectivity index (χ0v) is 38.1. The zero-order chi connectivity index (χ0) is 40.7. The van der Waals surface area contributed by atoms with E-state index in [1.807, 2.05) is 0 Å². The van der Waals surface area contributed by atoms with E-state index in [4.69, 9.17) is 4.74 Å². The molecule has 1 fully saturated rings. The fourth-order valence-electron chi connectivity index (χ4n) is 8.79. The maximum Gasteiger partial charge on any atom is 0.305 e. The Kier molecular flexibility index (Phi) is 37.1. The molecule has 0 heterocycles. The van der Waals surface area contributed by atoms with Crippen LogP contribution in [-0.2, 0) is 14.3 Å². The van der Waals surface area contributed by atoms with Gasteiger partial charge in [0.05, 0.1) is 13.2 Å². The van der Waals surface area contributed by atoms with Crippen molar-refractivity contribution in [2.24, 2.45) is 11.8 Å². The van der Waals surface area contributed by atoms with Gasteiger partial charge in [-0.1, -0.05) is 156 Å². The second kappa shape index (κ2) is 39.3. The van der Waals surface area contributed by atoms with Crippen LogP contribution in [0.3, 0.4) is 0 Å². The topological polar surface area (TPSA) is 82.1 Å². The van der Waals surface area contributed by atoms with Crippen LogP contribution in [0.25, 0.3) is 0 Å². The van der Waals surface area contributed by atoms with Crippen molar-refractivity contribution in [1.29, 1.82) is 0 Å². The second-order valence-corrected chi connectivity index (χ2v) is 17.8. The van der Waals surface area contributed by atoms with Crippen molar-refractivity contribution in [2.75, 3.05) is 52.5 Å². The van der Waals surface area contributed by atoms with Crippen LogP contribution in [-0.4, -0.2) is 85.3 Å². The third-order valence-electron chi connectivity index (χ3n) is 12.6. The molecule has 0 radical (unpaired) electrons. The Morgan fingerprint density at radius 2 is 1.05 bits per heavy atom. The van der Waals surface area contributed by atoms with E-state index in [9.17, 15) is 14.7 Å². The Balaban J connectivity index is 2.50. The molecular weight excluding hydrogens is 695 g/mol. The molecule has 1 amide bonds. The second-order valence-electron chi connectivity index (χ2n) is 17.8. The van der Waals surface area contributed by atoms with Crippen molar-refractivity contribution in [3.63, 3.8) is 0 Å². The number of carbonyl (C=O) groups excluding carboxylic acids is 2. The standard InChI is InChI=1S/C49H97N3O4/c1-5-9-13-19-29-45(30-20-14-10-6-2)43-50-48(54)35-23-17-27-37-51(39-40-52(41-42-53)47-33-25-26-34-47)38-28-18-24-36-49(55)56-44-46(31-21-15-11-7-3)32-22-16-12-8-4/h45-47,53H,5-44H2,1-4H3,(H,50,54). The number of esters is 1. The summed E-state index contributed by atoms with van der Waals surface area (Å²) in [6.07, 6.45) is 38.0. The van der Waals surface area contributed by atoms with Gasteiger partial charge in [-0.05, 0) is 89.1 Å². The van der Waals surface area contributed by atoms with Crippen LogP contribution in [0.5, 0.6) is 0 Å². The lowest BCUT2D eigenvalue weighted by atomic mass is 9.94. The largest absolute Gasteiger partial charge is 0.465 e. The lowest BCUT2D eigenvalue weighted by molar-refractivity contribution is -0.145. The summed E-state index contributed by atoms with van der Waals surface area (Å²) in [5.74, 6) is 1.37. The van der Waals surface area contributed by atoms with Crippen LogP contribution in [0.15, 0.2) is 0 Å². The summed E-state index contributed by atoms with van der Waals surface area (Å²) in [6.45, 7) is 15.7. The predicted octanol–water partition coefficient (Wildman–Crippen LogP) is 12.4. The summed E-state index contributed by atoms with van der Waals surface area (Å²) in [4.78, 5) is 30.7. The number of amides is 1. The number of unbranched alkanes of at least 4 members (excludes halogenated alkanes) is 16. The predicted molar refractivity (Wildman–Crippen MR) is 240 cm³/mol. The Morgan fingerprint density at radius 3 is 1.55 bits per heavy atom. The number of nitrogens with zero attached hydrogens (tertiary/aromatic N) is 2. The van der Waals surface area contributed by atoms with Crippen LogP contribution in [0.1, 0.15) is 233 Å². The average Bonchev–Trinajstić information content (AvgIpc) is 3.75. The molecule has 332 valence electrons. The molecule has 0 aliphatic heterocycles. The summed E-state index contributed by atoms with van der Waals surface area (Å²) >= 11 is 0. The first-order valence-electron chi connectivity index (χ1n) is 25.0. The molecule has 7 nitrogen and oxygen atoms in total. The van der Waals surface area contributed by atoms with Crippen molar-refractivity contribution in [2.45, 2.75) is 239 Å². The summed E-state index contributed by atoms with van der Waals surface area (Å²) in [7, 11) is 0. The van der Waals surface area contributed by atoms with Crippen LogP contribution in [0, 0.1) is 11.8 Å². The quantitative estimate of drug-likeness (QED) is 0.0473. The molecule has 1 rings (SSSR count). The molecule has 0 aromatic rings. The van der Waals surface area contributed by atoms with E-state index in [1.54, 1.807) is 0 Å². The summed E-state index contributed by atoms with van der Waals surface area (Å²) in [5.41, 5.74) is 0. The molecular formula is C49H97N3O4. The van der Waals surface area contributed by atoms with Crippen LogP contribution in [0.2, 0.25) is 0 Å². The summed E-state index contributed by atoms with van der Waals surface area (Å²) < 4.78 is 5.85. The average molecular weight is 792 g/mol. The van der Waals surface area contributed by atoms with E-state index < -0.39 is 0 Å². The molecule has 0 bridgehead atoms. The minimum absolute atomic E-state index is 0.0105. The van der Waals surface area contributed by atoms with E-state index >= 15 is 0 Å². The van der Waals surface area contributed by atoms with Crippen molar-refractivity contribution in [3.8, 4) is 0 Å². The summed E-state index contributed by atoms with van der Waals surface area (Å²) in [6, 6.07) is 0.619. The van der Waals surface area contributed by atoms with Crippen molar-refractivity contribution in [1.82, 2.24) is 15.1 Å². The van der Waals surface area contributed by atoms with Gasteiger partial charge in [0.1, 0.15) is 0 Å². The fraction of sp³-hybridized carbons (Fsp3) is 0.959. The van der Waals surface area contributed by atoms with Crippen LogP contribution in [0.4, 0.5) is 0 Å². The van der Waals surface area contributed by atoms with Gasteiger partial charge in [0, 0.05) is 45.1 Å². The molecule has 56 heavy (non-hydrogen) atoms. The van der Waals surface area contributed by atoms with Gasteiger partial charge in [-0.2, -0.15) is 0 Å². The zero-order valence-electron chi connectivity index (χ0n) is 38.1. The highest BCUT2D eigenvalue weighted by Gasteiger charge is 2.22. The smallest absolute Gasteiger partial charge is 0.305 e. The monoisotopic (exact) mass is 792 g/mol. The molecule has 1 aliphatic carbocycles. The number of hydrogen-bond donors (Lipinski definition) is 2. The van der Waals surface area contributed by atoms with Gasteiger partial charge in [-0.15, -0.1) is 0 Å². The first-order chi connectivity index (χ1) is 27.5. The molecule has 2 N–H and O–H groups in total. The number of aliphatic hydroxyl groups excluding tert-OH is 1. The molecule has 0 saturated heterocycles.